The molecule has 0 heterocycles. The highest BCUT2D eigenvalue weighted by Crippen LogP contribution is 1.69. The van der Waals surface area contributed by atoms with Gasteiger partial charge < -0.3 is 10.9 Å². The van der Waals surface area contributed by atoms with Crippen LogP contribution >= 0.6 is 12.6 Å². The average molecular weight is 106 g/mol. The molecule has 0 fully saturated rings. The van der Waals surface area contributed by atoms with E-state index in [1.54, 1.807) is 0 Å². The second-order valence-electron chi connectivity index (χ2n) is 0.749. The second-order valence-corrected chi connectivity index (χ2v) is 1.07. The SMILES string of the molecule is NC(CS)=NO. The van der Waals surface area contributed by atoms with E-state index < -0.39 is 0 Å². The summed E-state index contributed by atoms with van der Waals surface area (Å²) in [6.45, 7) is 0. The molecule has 0 aromatic carbocycles. The van der Waals surface area contributed by atoms with E-state index in [9.17, 15) is 0 Å². The molecule has 0 spiro atoms. The van der Waals surface area contributed by atoms with Gasteiger partial charge in [-0.2, -0.15) is 12.6 Å². The lowest BCUT2D eigenvalue weighted by atomic mass is 10.7. The fourth-order valence-corrected chi connectivity index (χ4v) is 0.0949. The third-order valence-corrected chi connectivity index (χ3v) is 0.614. The first-order valence-corrected chi connectivity index (χ1v) is 2.01. The van der Waals surface area contributed by atoms with Crippen molar-refractivity contribution in [1.82, 2.24) is 0 Å². The molecule has 0 unspecified atom stereocenters. The predicted octanol–water partition coefficient (Wildman–Crippen LogP) is -0.337. The van der Waals surface area contributed by atoms with E-state index in [4.69, 9.17) is 10.9 Å². The molecule has 0 saturated carbocycles. The summed E-state index contributed by atoms with van der Waals surface area (Å²) in [5, 5.41) is 10.4. The highest BCUT2D eigenvalue weighted by molar-refractivity contribution is 7.81. The lowest BCUT2D eigenvalue weighted by Gasteiger charge is -1.82. The van der Waals surface area contributed by atoms with Gasteiger partial charge in [-0.3, -0.25) is 0 Å². The van der Waals surface area contributed by atoms with Crippen LogP contribution in [-0.4, -0.2) is 16.8 Å². The van der Waals surface area contributed by atoms with E-state index in [1.807, 2.05) is 0 Å². The van der Waals surface area contributed by atoms with Crippen LogP contribution in [0.3, 0.4) is 0 Å². The van der Waals surface area contributed by atoms with Gasteiger partial charge in [0.2, 0.25) is 0 Å². The largest absolute Gasteiger partial charge is 0.409 e. The van der Waals surface area contributed by atoms with Crippen molar-refractivity contribution < 1.29 is 5.21 Å². The maximum atomic E-state index is 7.75. The van der Waals surface area contributed by atoms with E-state index in [-0.39, 0.29) is 5.84 Å². The first-order chi connectivity index (χ1) is 2.81. The normalized spacial score (nSPS) is 11.8. The molecule has 0 radical (unpaired) electrons. The van der Waals surface area contributed by atoms with Crippen LogP contribution in [0, 0.1) is 0 Å². The van der Waals surface area contributed by atoms with Gasteiger partial charge >= 0.3 is 0 Å². The summed E-state index contributed by atoms with van der Waals surface area (Å²) in [6, 6.07) is 0. The number of amidine groups is 1. The van der Waals surface area contributed by atoms with Gasteiger partial charge in [-0.25, -0.2) is 0 Å². The molecular weight excluding hydrogens is 100 g/mol. The highest BCUT2D eigenvalue weighted by Gasteiger charge is 1.79. The number of nitrogens with two attached hydrogens (primary N) is 1. The summed E-state index contributed by atoms with van der Waals surface area (Å²) in [6.07, 6.45) is 0. The Kier molecular flexibility index (Phi) is 2.66. The van der Waals surface area contributed by atoms with Gasteiger partial charge in [0.15, 0.2) is 0 Å². The van der Waals surface area contributed by atoms with Gasteiger partial charge in [-0.15, -0.1) is 0 Å². The Hall–Kier alpha value is -0.380. The highest BCUT2D eigenvalue weighted by atomic mass is 32.1. The molecule has 3 N–H and O–H groups in total. The lowest BCUT2D eigenvalue weighted by molar-refractivity contribution is 0.318. The number of rotatable bonds is 1. The topological polar surface area (TPSA) is 58.6 Å². The summed E-state index contributed by atoms with van der Waals surface area (Å²) in [7, 11) is 0. The number of hydrogen-bond acceptors (Lipinski definition) is 3. The van der Waals surface area contributed by atoms with Crippen LogP contribution in [0.5, 0.6) is 0 Å². The van der Waals surface area contributed by atoms with E-state index >= 15 is 0 Å². The zero-order valence-corrected chi connectivity index (χ0v) is 4.02. The van der Waals surface area contributed by atoms with Gasteiger partial charge in [-0.05, 0) is 0 Å². The van der Waals surface area contributed by atoms with Gasteiger partial charge in [0.1, 0.15) is 5.84 Å². The van der Waals surface area contributed by atoms with Crippen molar-refractivity contribution in [3.05, 3.63) is 0 Å². The first kappa shape index (κ1) is 5.62. The Bertz CT molecular complexity index is 62.6. The van der Waals surface area contributed by atoms with Crippen molar-refractivity contribution >= 4 is 18.5 Å². The van der Waals surface area contributed by atoms with E-state index in [2.05, 4.69) is 17.8 Å². The van der Waals surface area contributed by atoms with Crippen molar-refractivity contribution in [2.24, 2.45) is 10.9 Å². The molecular formula is C2H6N2OS. The molecule has 36 valence electrons. The summed E-state index contributed by atoms with van der Waals surface area (Å²) in [4.78, 5) is 0. The quantitative estimate of drug-likeness (QED) is 0.141. The third kappa shape index (κ3) is 1.90. The molecule has 4 heteroatoms. The monoisotopic (exact) mass is 106 g/mol. The minimum absolute atomic E-state index is 0.137. The van der Waals surface area contributed by atoms with Crippen molar-refractivity contribution in [2.45, 2.75) is 0 Å². The molecule has 0 atom stereocenters. The molecule has 6 heavy (non-hydrogen) atoms. The van der Waals surface area contributed by atoms with E-state index in [1.165, 1.54) is 0 Å². The predicted molar refractivity (Wildman–Crippen MR) is 27.3 cm³/mol. The Morgan fingerprint density at radius 1 is 2.00 bits per heavy atom. The maximum absolute atomic E-state index is 7.75. The minimum atomic E-state index is 0.137. The fraction of sp³-hybridized carbons (Fsp3) is 0.500. The average Bonchev–Trinajstić information content (AvgIpc) is 1.65. The van der Waals surface area contributed by atoms with Gasteiger partial charge in [0.25, 0.3) is 0 Å². The molecule has 0 saturated heterocycles. The Morgan fingerprint density at radius 3 is 2.50 bits per heavy atom. The van der Waals surface area contributed by atoms with Crippen LogP contribution in [0.4, 0.5) is 0 Å². The molecule has 0 aromatic heterocycles. The van der Waals surface area contributed by atoms with Crippen LogP contribution in [0.1, 0.15) is 0 Å². The van der Waals surface area contributed by atoms with Crippen LogP contribution in [0.25, 0.3) is 0 Å². The lowest BCUT2D eigenvalue weighted by Crippen LogP contribution is -2.12. The molecule has 0 bridgehead atoms. The first-order valence-electron chi connectivity index (χ1n) is 1.38. The number of thiol groups is 1. The van der Waals surface area contributed by atoms with Gasteiger partial charge in [0, 0.05) is 0 Å². The van der Waals surface area contributed by atoms with Crippen LogP contribution in [0.2, 0.25) is 0 Å². The van der Waals surface area contributed by atoms with Crippen molar-refractivity contribution in [3.63, 3.8) is 0 Å². The smallest absolute Gasteiger partial charge is 0.148 e. The zero-order valence-electron chi connectivity index (χ0n) is 3.13. The van der Waals surface area contributed by atoms with Crippen molar-refractivity contribution in [2.75, 3.05) is 5.75 Å². The molecule has 3 nitrogen and oxygen atoms in total. The molecule has 0 aromatic rings. The third-order valence-electron chi connectivity index (χ3n) is 0.290. The zero-order chi connectivity index (χ0) is 4.99. The molecule has 0 aliphatic heterocycles. The number of nitrogens with zero attached hydrogens (tertiary/aromatic N) is 1. The summed E-state index contributed by atoms with van der Waals surface area (Å²) < 4.78 is 0. The van der Waals surface area contributed by atoms with Crippen molar-refractivity contribution in [3.8, 4) is 0 Å². The minimum Gasteiger partial charge on any atom is -0.409 e. The van der Waals surface area contributed by atoms with E-state index in [0.717, 1.165) is 0 Å². The summed E-state index contributed by atoms with van der Waals surface area (Å²) >= 11 is 3.68. The molecule has 0 aliphatic carbocycles. The van der Waals surface area contributed by atoms with Gasteiger partial charge in [-0.1, -0.05) is 5.16 Å². The van der Waals surface area contributed by atoms with Crippen LogP contribution in [0.15, 0.2) is 5.16 Å². The summed E-state index contributed by atoms with van der Waals surface area (Å²) in [5.41, 5.74) is 4.90. The van der Waals surface area contributed by atoms with Crippen molar-refractivity contribution in [1.29, 1.82) is 0 Å². The molecule has 0 aliphatic rings. The molecule has 0 amide bonds. The standard InChI is InChI=1S/C2H6N2OS/c3-2(1-6)4-5/h5-6H,1H2,(H2,3,4). The Morgan fingerprint density at radius 2 is 2.50 bits per heavy atom. The Balaban J connectivity index is 3.22. The van der Waals surface area contributed by atoms with E-state index in [0.29, 0.717) is 5.75 Å². The fourth-order valence-electron chi connectivity index (χ4n) is 0.0316. The number of oxime groups is 1. The maximum Gasteiger partial charge on any atom is 0.148 e. The molecule has 0 rings (SSSR count). The Labute approximate surface area is 41.2 Å². The summed E-state index contributed by atoms with van der Waals surface area (Å²) in [5.74, 6) is 0.439. The van der Waals surface area contributed by atoms with Crippen LogP contribution in [-0.2, 0) is 0 Å². The van der Waals surface area contributed by atoms with Gasteiger partial charge in [0.05, 0.1) is 5.75 Å². The second kappa shape index (κ2) is 2.84. The number of hydrogen-bond donors (Lipinski definition) is 3. The van der Waals surface area contributed by atoms with Crippen LogP contribution < -0.4 is 5.73 Å².